The van der Waals surface area contributed by atoms with Crippen LogP contribution in [0.15, 0.2) is 0 Å². The summed E-state index contributed by atoms with van der Waals surface area (Å²) < 4.78 is 9.90. The van der Waals surface area contributed by atoms with Crippen molar-refractivity contribution in [2.75, 3.05) is 10.6 Å². The van der Waals surface area contributed by atoms with Gasteiger partial charge in [0.2, 0.25) is 0 Å². The molecule has 0 saturated heterocycles. The van der Waals surface area contributed by atoms with E-state index in [4.69, 9.17) is 55.9 Å². The molecule has 10 heteroatoms. The van der Waals surface area contributed by atoms with Crippen LogP contribution in [0.1, 0.15) is 27.7 Å². The number of carbonyl (C=O) groups is 2. The van der Waals surface area contributed by atoms with Gasteiger partial charge in [-0.15, -0.1) is 0 Å². The standard InChI is InChI=1S/C14H16Cl4N2O4/c1-5(2)23-13(21)19-11-8(16)7(15)9(17)12(10(11)18)20-14(22)24-6(3)4/h5-6H,1-4H3,(H,19,21)(H,20,22). The molecule has 134 valence electrons. The van der Waals surface area contributed by atoms with Crippen LogP contribution in [-0.2, 0) is 9.47 Å². The van der Waals surface area contributed by atoms with Gasteiger partial charge in [0.25, 0.3) is 0 Å². The lowest BCUT2D eigenvalue weighted by molar-refractivity contribution is 0.129. The molecule has 1 aromatic rings. The molecule has 24 heavy (non-hydrogen) atoms. The first-order valence-corrected chi connectivity index (χ1v) is 8.37. The summed E-state index contributed by atoms with van der Waals surface area (Å²) in [6, 6.07) is 0. The Morgan fingerprint density at radius 1 is 0.708 bits per heavy atom. The summed E-state index contributed by atoms with van der Waals surface area (Å²) in [6.07, 6.45) is -2.29. The summed E-state index contributed by atoms with van der Waals surface area (Å²) in [4.78, 5) is 23.5. The number of amides is 2. The number of halogens is 4. The fourth-order valence-electron chi connectivity index (χ4n) is 1.54. The Hall–Kier alpha value is -1.08. The van der Waals surface area contributed by atoms with Crippen molar-refractivity contribution in [1.82, 2.24) is 0 Å². The average molecular weight is 418 g/mol. The van der Waals surface area contributed by atoms with Crippen molar-refractivity contribution in [2.24, 2.45) is 0 Å². The van der Waals surface area contributed by atoms with E-state index < -0.39 is 12.2 Å². The number of carbonyl (C=O) groups excluding carboxylic acids is 2. The second kappa shape index (κ2) is 8.85. The molecule has 0 saturated carbocycles. The zero-order valence-electron chi connectivity index (χ0n) is 13.3. The van der Waals surface area contributed by atoms with Crippen molar-refractivity contribution in [1.29, 1.82) is 0 Å². The molecule has 0 aliphatic rings. The van der Waals surface area contributed by atoms with Crippen LogP contribution in [0, 0.1) is 0 Å². The van der Waals surface area contributed by atoms with Crippen LogP contribution in [0.4, 0.5) is 21.0 Å². The Kier molecular flexibility index (Phi) is 7.73. The molecule has 1 rings (SSSR count). The molecular formula is C14H16Cl4N2O4. The Balaban J connectivity index is 3.21. The van der Waals surface area contributed by atoms with E-state index in [1.165, 1.54) is 0 Å². The van der Waals surface area contributed by atoms with Gasteiger partial charge in [0.15, 0.2) is 0 Å². The average Bonchev–Trinajstić information content (AvgIpc) is 2.44. The smallest absolute Gasteiger partial charge is 0.411 e. The molecule has 0 spiro atoms. The third-order valence-electron chi connectivity index (χ3n) is 2.40. The second-order valence-electron chi connectivity index (χ2n) is 5.16. The zero-order chi connectivity index (χ0) is 18.6. The normalized spacial score (nSPS) is 10.8. The van der Waals surface area contributed by atoms with Crippen molar-refractivity contribution in [3.05, 3.63) is 20.1 Å². The number of hydrogen-bond donors (Lipinski definition) is 2. The van der Waals surface area contributed by atoms with E-state index in [1.807, 2.05) is 0 Å². The van der Waals surface area contributed by atoms with Gasteiger partial charge in [0, 0.05) is 0 Å². The van der Waals surface area contributed by atoms with E-state index in [0.717, 1.165) is 0 Å². The number of rotatable bonds is 4. The number of hydrogen-bond acceptors (Lipinski definition) is 4. The zero-order valence-corrected chi connectivity index (χ0v) is 16.3. The lowest BCUT2D eigenvalue weighted by atomic mass is 10.2. The van der Waals surface area contributed by atoms with Crippen molar-refractivity contribution >= 4 is 70.0 Å². The molecule has 0 radical (unpaired) electrons. The summed E-state index contributed by atoms with van der Waals surface area (Å²) in [7, 11) is 0. The highest BCUT2D eigenvalue weighted by atomic mass is 35.5. The van der Waals surface area contributed by atoms with E-state index >= 15 is 0 Å². The summed E-state index contributed by atoms with van der Waals surface area (Å²) in [5, 5.41) is 4.36. The predicted octanol–water partition coefficient (Wildman–Crippen LogP) is 6.21. The molecule has 0 unspecified atom stereocenters. The Morgan fingerprint density at radius 3 is 1.33 bits per heavy atom. The number of benzene rings is 1. The predicted molar refractivity (Wildman–Crippen MR) is 97.0 cm³/mol. The first-order valence-electron chi connectivity index (χ1n) is 6.85. The molecule has 2 N–H and O–H groups in total. The molecule has 0 aliphatic carbocycles. The van der Waals surface area contributed by atoms with E-state index in [9.17, 15) is 9.59 Å². The van der Waals surface area contributed by atoms with Gasteiger partial charge >= 0.3 is 12.2 Å². The molecule has 0 aromatic heterocycles. The monoisotopic (exact) mass is 416 g/mol. The van der Waals surface area contributed by atoms with Gasteiger partial charge < -0.3 is 9.47 Å². The van der Waals surface area contributed by atoms with Crippen LogP contribution < -0.4 is 10.6 Å². The Morgan fingerprint density at radius 2 is 1.04 bits per heavy atom. The van der Waals surface area contributed by atoms with Crippen LogP contribution in [0.25, 0.3) is 0 Å². The summed E-state index contributed by atoms with van der Waals surface area (Å²) in [5.74, 6) is 0. The SMILES string of the molecule is CC(C)OC(=O)Nc1c(Cl)c(Cl)c(Cl)c(NC(=O)OC(C)C)c1Cl. The maximum absolute atomic E-state index is 11.8. The highest BCUT2D eigenvalue weighted by Crippen LogP contribution is 2.47. The maximum atomic E-state index is 11.8. The Bertz CT molecular complexity index is 599. The fourth-order valence-corrected chi connectivity index (χ4v) is 2.63. The van der Waals surface area contributed by atoms with Gasteiger partial charge in [-0.2, -0.15) is 0 Å². The molecular weight excluding hydrogens is 402 g/mol. The largest absolute Gasteiger partial charge is 0.447 e. The molecule has 1 aromatic carbocycles. The third kappa shape index (κ3) is 5.48. The highest BCUT2D eigenvalue weighted by Gasteiger charge is 2.24. The summed E-state index contributed by atoms with van der Waals surface area (Å²) >= 11 is 24.3. The van der Waals surface area contributed by atoms with Gasteiger partial charge in [-0.3, -0.25) is 10.6 Å². The molecule has 0 bridgehead atoms. The maximum Gasteiger partial charge on any atom is 0.411 e. The highest BCUT2D eigenvalue weighted by molar-refractivity contribution is 6.53. The van der Waals surface area contributed by atoms with Crippen LogP contribution in [0.5, 0.6) is 0 Å². The van der Waals surface area contributed by atoms with Crippen molar-refractivity contribution in [3.63, 3.8) is 0 Å². The van der Waals surface area contributed by atoms with Gasteiger partial charge in [0.1, 0.15) is 0 Å². The molecule has 0 atom stereocenters. The minimum atomic E-state index is -0.789. The number of nitrogens with one attached hydrogen (secondary N) is 2. The van der Waals surface area contributed by atoms with E-state index in [0.29, 0.717) is 0 Å². The van der Waals surface area contributed by atoms with E-state index in [2.05, 4.69) is 10.6 Å². The van der Waals surface area contributed by atoms with Gasteiger partial charge in [0.05, 0.1) is 43.7 Å². The lowest BCUT2D eigenvalue weighted by Crippen LogP contribution is -2.20. The fraction of sp³-hybridized carbons (Fsp3) is 0.429. The van der Waals surface area contributed by atoms with Gasteiger partial charge in [-0.25, -0.2) is 9.59 Å². The minimum Gasteiger partial charge on any atom is -0.447 e. The van der Waals surface area contributed by atoms with Crippen LogP contribution in [-0.4, -0.2) is 24.4 Å². The second-order valence-corrected chi connectivity index (χ2v) is 6.68. The molecule has 2 amide bonds. The number of ether oxygens (including phenoxy) is 2. The van der Waals surface area contributed by atoms with Crippen LogP contribution >= 0.6 is 46.4 Å². The van der Waals surface area contributed by atoms with E-state index in [-0.39, 0.29) is 43.7 Å². The number of anilines is 2. The lowest BCUT2D eigenvalue weighted by Gasteiger charge is -2.18. The molecule has 0 fully saturated rings. The first-order chi connectivity index (χ1) is 11.0. The first kappa shape index (κ1) is 21.0. The van der Waals surface area contributed by atoms with Crippen LogP contribution in [0.3, 0.4) is 0 Å². The van der Waals surface area contributed by atoms with Crippen molar-refractivity contribution < 1.29 is 19.1 Å². The third-order valence-corrected chi connectivity index (χ3v) is 4.11. The van der Waals surface area contributed by atoms with Crippen LogP contribution in [0.2, 0.25) is 20.1 Å². The van der Waals surface area contributed by atoms with Gasteiger partial charge in [-0.1, -0.05) is 46.4 Å². The summed E-state index contributed by atoms with van der Waals surface area (Å²) in [6.45, 7) is 6.69. The van der Waals surface area contributed by atoms with Crippen molar-refractivity contribution in [3.8, 4) is 0 Å². The molecule has 0 aliphatic heterocycles. The van der Waals surface area contributed by atoms with Gasteiger partial charge in [-0.05, 0) is 27.7 Å². The summed E-state index contributed by atoms with van der Waals surface area (Å²) in [5.41, 5.74) is -0.0866. The molecule has 6 nitrogen and oxygen atoms in total. The minimum absolute atomic E-state index is 0.0433. The topological polar surface area (TPSA) is 76.7 Å². The van der Waals surface area contributed by atoms with E-state index in [1.54, 1.807) is 27.7 Å². The van der Waals surface area contributed by atoms with Crippen molar-refractivity contribution in [2.45, 2.75) is 39.9 Å². The molecule has 0 heterocycles. The Labute approximate surface area is 159 Å². The quantitative estimate of drug-likeness (QED) is 0.450.